The molecule has 2 rings (SSSR count). The summed E-state index contributed by atoms with van der Waals surface area (Å²) in [6, 6.07) is 3.21. The van der Waals surface area contributed by atoms with E-state index >= 15 is 0 Å². The SMILES string of the molecule is Cc1c(N)cc(Br)cc1S(=O)(=O)NCc1nccn1C. The summed E-state index contributed by atoms with van der Waals surface area (Å²) in [6.07, 6.45) is 3.37. The average molecular weight is 359 g/mol. The third-order valence-corrected chi connectivity index (χ3v) is 4.98. The zero-order valence-corrected chi connectivity index (χ0v) is 13.5. The Kier molecular flexibility index (Phi) is 4.17. The smallest absolute Gasteiger partial charge is 0.241 e. The lowest BCUT2D eigenvalue weighted by Gasteiger charge is -2.11. The number of aromatic nitrogens is 2. The molecule has 0 radical (unpaired) electrons. The van der Waals surface area contributed by atoms with Crippen LogP contribution in [0.4, 0.5) is 5.69 Å². The highest BCUT2D eigenvalue weighted by Crippen LogP contribution is 2.26. The van der Waals surface area contributed by atoms with E-state index < -0.39 is 10.0 Å². The second-order valence-electron chi connectivity index (χ2n) is 4.40. The molecule has 0 saturated carbocycles. The molecule has 0 bridgehead atoms. The van der Waals surface area contributed by atoms with Crippen molar-refractivity contribution in [2.45, 2.75) is 18.4 Å². The summed E-state index contributed by atoms with van der Waals surface area (Å²) in [7, 11) is -1.84. The van der Waals surface area contributed by atoms with E-state index in [1.165, 1.54) is 6.07 Å². The van der Waals surface area contributed by atoms with Crippen molar-refractivity contribution in [2.75, 3.05) is 5.73 Å². The summed E-state index contributed by atoms with van der Waals surface area (Å²) < 4.78 is 29.6. The summed E-state index contributed by atoms with van der Waals surface area (Å²) in [5.74, 6) is 0.634. The minimum atomic E-state index is -3.64. The van der Waals surface area contributed by atoms with E-state index in [9.17, 15) is 8.42 Å². The number of nitrogens with one attached hydrogen (secondary N) is 1. The third-order valence-electron chi connectivity index (χ3n) is 3.00. The van der Waals surface area contributed by atoms with Crippen molar-refractivity contribution in [1.29, 1.82) is 0 Å². The van der Waals surface area contributed by atoms with Gasteiger partial charge in [-0.2, -0.15) is 0 Å². The molecule has 0 atom stereocenters. The van der Waals surface area contributed by atoms with Gasteiger partial charge in [0.1, 0.15) is 5.82 Å². The van der Waals surface area contributed by atoms with Gasteiger partial charge in [0.15, 0.2) is 0 Å². The number of imidazole rings is 1. The first kappa shape index (κ1) is 15.0. The molecule has 8 heteroatoms. The fourth-order valence-corrected chi connectivity index (χ4v) is 3.66. The van der Waals surface area contributed by atoms with E-state index in [1.807, 2.05) is 0 Å². The number of aryl methyl sites for hydroxylation is 1. The van der Waals surface area contributed by atoms with E-state index in [4.69, 9.17) is 5.73 Å². The fraction of sp³-hybridized carbons (Fsp3) is 0.250. The second kappa shape index (κ2) is 5.55. The molecule has 108 valence electrons. The number of halogens is 1. The normalized spacial score (nSPS) is 11.8. The first-order valence-electron chi connectivity index (χ1n) is 5.83. The predicted octanol–water partition coefficient (Wildman–Crippen LogP) is 1.55. The van der Waals surface area contributed by atoms with Crippen molar-refractivity contribution in [1.82, 2.24) is 14.3 Å². The van der Waals surface area contributed by atoms with Crippen LogP contribution >= 0.6 is 15.9 Å². The maximum absolute atomic E-state index is 12.3. The molecule has 0 aliphatic heterocycles. The number of rotatable bonds is 4. The van der Waals surface area contributed by atoms with Crippen LogP contribution < -0.4 is 10.5 Å². The number of sulfonamides is 1. The fourth-order valence-electron chi connectivity index (χ4n) is 1.76. The molecule has 6 nitrogen and oxygen atoms in total. The van der Waals surface area contributed by atoms with Gasteiger partial charge in [0.25, 0.3) is 0 Å². The van der Waals surface area contributed by atoms with Crippen LogP contribution in [0.25, 0.3) is 0 Å². The Labute approximate surface area is 126 Å². The standard InChI is InChI=1S/C12H15BrN4O2S/c1-8-10(14)5-9(13)6-11(8)20(18,19)16-7-12-15-3-4-17(12)2/h3-6,16H,7,14H2,1-2H3. The molecule has 20 heavy (non-hydrogen) atoms. The molecule has 0 amide bonds. The molecule has 2 aromatic rings. The molecule has 0 fully saturated rings. The van der Waals surface area contributed by atoms with Crippen LogP contribution in [0.2, 0.25) is 0 Å². The van der Waals surface area contributed by atoms with Crippen molar-refractivity contribution in [3.05, 3.63) is 40.4 Å². The highest BCUT2D eigenvalue weighted by molar-refractivity contribution is 9.10. The Balaban J connectivity index is 2.29. The summed E-state index contributed by atoms with van der Waals surface area (Å²) in [4.78, 5) is 4.24. The molecule has 0 saturated heterocycles. The zero-order chi connectivity index (χ0) is 14.9. The van der Waals surface area contributed by atoms with Gasteiger partial charge in [0.05, 0.1) is 11.4 Å². The minimum Gasteiger partial charge on any atom is -0.398 e. The van der Waals surface area contributed by atoms with Gasteiger partial charge in [-0.25, -0.2) is 18.1 Å². The molecular formula is C12H15BrN4O2S. The number of benzene rings is 1. The highest BCUT2D eigenvalue weighted by Gasteiger charge is 2.19. The number of nitrogens with zero attached hydrogens (tertiary/aromatic N) is 2. The lowest BCUT2D eigenvalue weighted by molar-refractivity contribution is 0.577. The van der Waals surface area contributed by atoms with E-state index in [1.54, 1.807) is 37.0 Å². The first-order chi connectivity index (χ1) is 9.31. The molecule has 0 spiro atoms. The third kappa shape index (κ3) is 3.02. The largest absolute Gasteiger partial charge is 0.398 e. The van der Waals surface area contributed by atoms with Crippen LogP contribution in [0, 0.1) is 6.92 Å². The molecule has 1 heterocycles. The molecule has 1 aromatic carbocycles. The van der Waals surface area contributed by atoms with Gasteiger partial charge in [-0.3, -0.25) is 0 Å². The van der Waals surface area contributed by atoms with Crippen LogP contribution in [0.5, 0.6) is 0 Å². The summed E-state index contributed by atoms with van der Waals surface area (Å²) in [6.45, 7) is 1.80. The summed E-state index contributed by atoms with van der Waals surface area (Å²) in [5.41, 5.74) is 6.75. The van der Waals surface area contributed by atoms with E-state index in [2.05, 4.69) is 25.6 Å². The van der Waals surface area contributed by atoms with Crippen LogP contribution in [-0.2, 0) is 23.6 Å². The van der Waals surface area contributed by atoms with Crippen molar-refractivity contribution in [3.8, 4) is 0 Å². The average Bonchev–Trinajstić information content (AvgIpc) is 2.77. The minimum absolute atomic E-state index is 0.123. The molecule has 1 aromatic heterocycles. The molecule has 0 aliphatic rings. The number of anilines is 1. The zero-order valence-electron chi connectivity index (χ0n) is 11.1. The molecule has 0 unspecified atom stereocenters. The van der Waals surface area contributed by atoms with Gasteiger partial charge in [0, 0.05) is 29.6 Å². The van der Waals surface area contributed by atoms with Crippen LogP contribution in [0.15, 0.2) is 33.9 Å². The molecule has 3 N–H and O–H groups in total. The van der Waals surface area contributed by atoms with Gasteiger partial charge in [-0.15, -0.1) is 0 Å². The highest BCUT2D eigenvalue weighted by atomic mass is 79.9. The Bertz CT molecular complexity index is 740. The van der Waals surface area contributed by atoms with Gasteiger partial charge < -0.3 is 10.3 Å². The summed E-state index contributed by atoms with van der Waals surface area (Å²) in [5, 5.41) is 0. The van der Waals surface area contributed by atoms with Crippen LogP contribution in [-0.4, -0.2) is 18.0 Å². The van der Waals surface area contributed by atoms with E-state index in [0.717, 1.165) is 0 Å². The number of hydrogen-bond donors (Lipinski definition) is 2. The van der Waals surface area contributed by atoms with Crippen molar-refractivity contribution in [2.24, 2.45) is 7.05 Å². The Morgan fingerprint density at radius 1 is 1.45 bits per heavy atom. The second-order valence-corrected chi connectivity index (χ2v) is 7.05. The number of hydrogen-bond acceptors (Lipinski definition) is 4. The Morgan fingerprint density at radius 3 is 2.75 bits per heavy atom. The maximum Gasteiger partial charge on any atom is 0.241 e. The quantitative estimate of drug-likeness (QED) is 0.811. The lowest BCUT2D eigenvalue weighted by Crippen LogP contribution is -2.25. The van der Waals surface area contributed by atoms with Crippen LogP contribution in [0.3, 0.4) is 0 Å². The first-order valence-corrected chi connectivity index (χ1v) is 8.10. The van der Waals surface area contributed by atoms with Gasteiger partial charge in [-0.05, 0) is 24.6 Å². The van der Waals surface area contributed by atoms with Gasteiger partial charge in [0.2, 0.25) is 10.0 Å². The van der Waals surface area contributed by atoms with E-state index in [0.29, 0.717) is 21.5 Å². The molecule has 0 aliphatic carbocycles. The van der Waals surface area contributed by atoms with Crippen molar-refractivity contribution >= 4 is 31.6 Å². The monoisotopic (exact) mass is 358 g/mol. The number of nitrogens with two attached hydrogens (primary N) is 1. The molecular weight excluding hydrogens is 344 g/mol. The summed E-state index contributed by atoms with van der Waals surface area (Å²) >= 11 is 3.25. The topological polar surface area (TPSA) is 90.0 Å². The van der Waals surface area contributed by atoms with E-state index in [-0.39, 0.29) is 11.4 Å². The Hall–Kier alpha value is -1.38. The predicted molar refractivity (Wildman–Crippen MR) is 80.5 cm³/mol. The van der Waals surface area contributed by atoms with Crippen molar-refractivity contribution in [3.63, 3.8) is 0 Å². The van der Waals surface area contributed by atoms with Gasteiger partial charge in [-0.1, -0.05) is 15.9 Å². The van der Waals surface area contributed by atoms with Crippen molar-refractivity contribution < 1.29 is 8.42 Å². The van der Waals surface area contributed by atoms with Crippen LogP contribution in [0.1, 0.15) is 11.4 Å². The lowest BCUT2D eigenvalue weighted by atomic mass is 10.2. The van der Waals surface area contributed by atoms with Gasteiger partial charge >= 0.3 is 0 Å². The maximum atomic E-state index is 12.3. The Morgan fingerprint density at radius 2 is 2.15 bits per heavy atom. The number of nitrogen functional groups attached to an aromatic ring is 1.